The fourth-order valence-electron chi connectivity index (χ4n) is 1.68. The first-order chi connectivity index (χ1) is 8.61. The van der Waals surface area contributed by atoms with E-state index in [9.17, 15) is 13.9 Å². The first-order valence-corrected chi connectivity index (χ1v) is 5.44. The summed E-state index contributed by atoms with van der Waals surface area (Å²) in [7, 11) is 0. The lowest BCUT2D eigenvalue weighted by molar-refractivity contribution is 0.219. The molecule has 0 saturated carbocycles. The van der Waals surface area contributed by atoms with Gasteiger partial charge in [0.2, 0.25) is 0 Å². The molecule has 94 valence electrons. The normalized spacial score (nSPS) is 12.4. The molecule has 0 spiro atoms. The van der Waals surface area contributed by atoms with Crippen molar-refractivity contribution in [3.8, 4) is 0 Å². The van der Waals surface area contributed by atoms with E-state index >= 15 is 0 Å². The van der Waals surface area contributed by atoms with Crippen molar-refractivity contribution in [3.63, 3.8) is 0 Å². The summed E-state index contributed by atoms with van der Waals surface area (Å²) in [4.78, 5) is 0. The number of aliphatic hydroxyl groups excluding tert-OH is 2. The van der Waals surface area contributed by atoms with Crippen molar-refractivity contribution in [1.29, 1.82) is 0 Å². The van der Waals surface area contributed by atoms with Gasteiger partial charge in [0.05, 0.1) is 6.61 Å². The summed E-state index contributed by atoms with van der Waals surface area (Å²) in [5.74, 6) is -1.93. The molecule has 4 heteroatoms. The van der Waals surface area contributed by atoms with Crippen molar-refractivity contribution in [1.82, 2.24) is 0 Å². The van der Waals surface area contributed by atoms with Gasteiger partial charge in [0, 0.05) is 0 Å². The number of hydrogen-bond acceptors (Lipinski definition) is 2. The van der Waals surface area contributed by atoms with E-state index in [1.165, 1.54) is 6.07 Å². The fourth-order valence-corrected chi connectivity index (χ4v) is 1.68. The van der Waals surface area contributed by atoms with Crippen molar-refractivity contribution in [2.75, 3.05) is 0 Å². The minimum atomic E-state index is -1.02. The molecule has 0 bridgehead atoms. The van der Waals surface area contributed by atoms with Crippen LogP contribution < -0.4 is 0 Å². The van der Waals surface area contributed by atoms with Crippen LogP contribution in [0.25, 0.3) is 0 Å². The van der Waals surface area contributed by atoms with Gasteiger partial charge in [-0.25, -0.2) is 8.78 Å². The topological polar surface area (TPSA) is 40.5 Å². The van der Waals surface area contributed by atoms with Gasteiger partial charge in [-0.1, -0.05) is 30.3 Å². The number of halogens is 2. The van der Waals surface area contributed by atoms with Gasteiger partial charge < -0.3 is 10.2 Å². The van der Waals surface area contributed by atoms with Gasteiger partial charge >= 0.3 is 0 Å². The largest absolute Gasteiger partial charge is 0.392 e. The summed E-state index contributed by atoms with van der Waals surface area (Å²) in [6.45, 7) is -0.0818. The Hall–Kier alpha value is -1.78. The van der Waals surface area contributed by atoms with Crippen molar-refractivity contribution in [2.24, 2.45) is 0 Å². The first kappa shape index (κ1) is 12.7. The first-order valence-electron chi connectivity index (χ1n) is 5.44. The van der Waals surface area contributed by atoms with E-state index in [0.29, 0.717) is 5.56 Å². The van der Waals surface area contributed by atoms with Crippen LogP contribution in [-0.2, 0) is 6.61 Å². The van der Waals surface area contributed by atoms with E-state index < -0.39 is 17.7 Å². The van der Waals surface area contributed by atoms with Gasteiger partial charge in [-0.05, 0) is 28.8 Å². The highest BCUT2D eigenvalue weighted by molar-refractivity contribution is 5.32. The van der Waals surface area contributed by atoms with Crippen LogP contribution in [0.2, 0.25) is 0 Å². The van der Waals surface area contributed by atoms with Gasteiger partial charge in [0.1, 0.15) is 6.10 Å². The maximum absolute atomic E-state index is 13.1. The molecule has 2 aromatic rings. The Labute approximate surface area is 103 Å². The second-order valence-electron chi connectivity index (χ2n) is 3.98. The van der Waals surface area contributed by atoms with E-state index in [2.05, 4.69) is 0 Å². The summed E-state index contributed by atoms with van der Waals surface area (Å²) in [6, 6.07) is 9.89. The van der Waals surface area contributed by atoms with Crippen LogP contribution in [0.3, 0.4) is 0 Å². The molecule has 0 heterocycles. The maximum atomic E-state index is 13.1. The lowest BCUT2D eigenvalue weighted by Crippen LogP contribution is -2.01. The zero-order chi connectivity index (χ0) is 13.1. The van der Waals surface area contributed by atoms with Crippen LogP contribution in [-0.4, -0.2) is 10.2 Å². The molecule has 0 fully saturated rings. The molecule has 0 aliphatic carbocycles. The van der Waals surface area contributed by atoms with Gasteiger partial charge in [0.15, 0.2) is 11.6 Å². The van der Waals surface area contributed by atoms with Crippen molar-refractivity contribution < 1.29 is 19.0 Å². The van der Waals surface area contributed by atoms with Crippen molar-refractivity contribution >= 4 is 0 Å². The third kappa shape index (κ3) is 2.55. The molecule has 1 atom stereocenters. The summed E-state index contributed by atoms with van der Waals surface area (Å²) in [5.41, 5.74) is 1.56. The van der Waals surface area contributed by atoms with Gasteiger partial charge in [-0.2, -0.15) is 0 Å². The van der Waals surface area contributed by atoms with Gasteiger partial charge in [-0.15, -0.1) is 0 Å². The molecule has 2 rings (SSSR count). The van der Waals surface area contributed by atoms with Crippen LogP contribution >= 0.6 is 0 Å². The number of hydrogen-bond donors (Lipinski definition) is 2. The molecule has 0 aliphatic rings. The highest BCUT2D eigenvalue weighted by Crippen LogP contribution is 2.23. The van der Waals surface area contributed by atoms with Crippen molar-refractivity contribution in [2.45, 2.75) is 12.7 Å². The fraction of sp³-hybridized carbons (Fsp3) is 0.143. The molecule has 2 N–H and O–H groups in total. The third-order valence-electron chi connectivity index (χ3n) is 2.74. The average Bonchev–Trinajstić information content (AvgIpc) is 2.41. The third-order valence-corrected chi connectivity index (χ3v) is 2.74. The van der Waals surface area contributed by atoms with Crippen LogP contribution in [0, 0.1) is 11.6 Å². The summed E-state index contributed by atoms with van der Waals surface area (Å²) in [6.07, 6.45) is -1.02. The van der Waals surface area contributed by atoms with Crippen LogP contribution in [0.15, 0.2) is 42.5 Å². The molecule has 0 amide bonds. The van der Waals surface area contributed by atoms with E-state index in [0.717, 1.165) is 17.7 Å². The van der Waals surface area contributed by atoms with Crippen LogP contribution in [0.4, 0.5) is 8.78 Å². The number of rotatable bonds is 3. The molecule has 0 aromatic heterocycles. The lowest BCUT2D eigenvalue weighted by Gasteiger charge is -2.12. The summed E-state index contributed by atoms with van der Waals surface area (Å²) < 4.78 is 25.8. The van der Waals surface area contributed by atoms with E-state index in [4.69, 9.17) is 5.11 Å². The molecule has 0 saturated heterocycles. The standard InChI is InChI=1S/C14H12F2O2/c15-12-6-5-11(7-13(12)16)14(18)10-3-1-9(8-17)2-4-10/h1-7,14,17-18H,8H2. The summed E-state index contributed by atoms with van der Waals surface area (Å²) in [5, 5.41) is 18.9. The summed E-state index contributed by atoms with van der Waals surface area (Å²) >= 11 is 0. The predicted octanol–water partition coefficient (Wildman–Crippen LogP) is 2.54. The van der Waals surface area contributed by atoms with E-state index in [1.54, 1.807) is 24.3 Å². The quantitative estimate of drug-likeness (QED) is 0.878. The van der Waals surface area contributed by atoms with E-state index in [-0.39, 0.29) is 12.2 Å². The Morgan fingerprint density at radius 3 is 2.06 bits per heavy atom. The van der Waals surface area contributed by atoms with Crippen LogP contribution in [0.1, 0.15) is 22.8 Å². The molecular formula is C14H12F2O2. The molecule has 0 radical (unpaired) electrons. The minimum absolute atomic E-state index is 0.0818. The average molecular weight is 250 g/mol. The molecule has 2 aromatic carbocycles. The predicted molar refractivity (Wildman–Crippen MR) is 62.8 cm³/mol. The second kappa shape index (κ2) is 5.25. The molecule has 18 heavy (non-hydrogen) atoms. The maximum Gasteiger partial charge on any atom is 0.159 e. The Kier molecular flexibility index (Phi) is 3.69. The molecule has 0 aliphatic heterocycles. The minimum Gasteiger partial charge on any atom is -0.392 e. The van der Waals surface area contributed by atoms with Gasteiger partial charge in [-0.3, -0.25) is 0 Å². The molecular weight excluding hydrogens is 238 g/mol. The second-order valence-corrected chi connectivity index (χ2v) is 3.98. The Balaban J connectivity index is 2.28. The highest BCUT2D eigenvalue weighted by Gasteiger charge is 2.12. The smallest absolute Gasteiger partial charge is 0.159 e. The Bertz CT molecular complexity index is 538. The molecule has 2 nitrogen and oxygen atoms in total. The number of benzene rings is 2. The van der Waals surface area contributed by atoms with Crippen LogP contribution in [0.5, 0.6) is 0 Å². The lowest BCUT2D eigenvalue weighted by atomic mass is 10.0. The monoisotopic (exact) mass is 250 g/mol. The zero-order valence-corrected chi connectivity index (χ0v) is 9.48. The van der Waals surface area contributed by atoms with Gasteiger partial charge in [0.25, 0.3) is 0 Å². The SMILES string of the molecule is OCc1ccc(C(O)c2ccc(F)c(F)c2)cc1. The number of aliphatic hydroxyl groups is 2. The zero-order valence-electron chi connectivity index (χ0n) is 9.48. The molecule has 1 unspecified atom stereocenters. The van der Waals surface area contributed by atoms with Crippen molar-refractivity contribution in [3.05, 3.63) is 70.8 Å². The highest BCUT2D eigenvalue weighted by atomic mass is 19.2. The Morgan fingerprint density at radius 2 is 1.50 bits per heavy atom. The Morgan fingerprint density at radius 1 is 0.889 bits per heavy atom. The van der Waals surface area contributed by atoms with E-state index in [1.807, 2.05) is 0 Å².